The first-order valence-corrected chi connectivity index (χ1v) is 7.09. The van der Waals surface area contributed by atoms with Gasteiger partial charge in [0.05, 0.1) is 7.11 Å². The summed E-state index contributed by atoms with van der Waals surface area (Å²) in [5.41, 5.74) is 9.51. The number of likely N-dealkylation sites (N-methyl/N-ethyl adjacent to an activating group) is 1. The molecule has 21 heavy (non-hydrogen) atoms. The first-order valence-electron chi connectivity index (χ1n) is 7.09. The first kappa shape index (κ1) is 15.5. The van der Waals surface area contributed by atoms with E-state index >= 15 is 0 Å². The molecule has 0 fully saturated rings. The molecule has 0 saturated carbocycles. The number of hydrogen-bond donors (Lipinski definition) is 1. The third-order valence-corrected chi connectivity index (χ3v) is 3.71. The summed E-state index contributed by atoms with van der Waals surface area (Å²) in [6.45, 7) is 3.44. The number of hydrogen-bond acceptors (Lipinski definition) is 4. The normalized spacial score (nSPS) is 12.4. The number of aryl methyl sites for hydroxylation is 1. The number of benzene rings is 1. The van der Waals surface area contributed by atoms with Crippen molar-refractivity contribution >= 4 is 0 Å². The second kappa shape index (κ2) is 7.20. The Morgan fingerprint density at radius 2 is 2.14 bits per heavy atom. The Bertz CT molecular complexity index is 572. The van der Waals surface area contributed by atoms with Crippen molar-refractivity contribution in [3.8, 4) is 5.75 Å². The molecule has 0 aliphatic heterocycles. The van der Waals surface area contributed by atoms with Gasteiger partial charge in [0.1, 0.15) is 5.75 Å². The molecule has 0 radical (unpaired) electrons. The molecule has 1 aromatic carbocycles. The van der Waals surface area contributed by atoms with Crippen molar-refractivity contribution in [1.29, 1.82) is 0 Å². The number of rotatable bonds is 6. The minimum atomic E-state index is 0.176. The average molecular weight is 285 g/mol. The number of methoxy groups -OCH3 is 1. The lowest BCUT2D eigenvalue weighted by Crippen LogP contribution is -2.30. The lowest BCUT2D eigenvalue weighted by atomic mass is 10.0. The molecule has 2 aromatic rings. The Kier molecular flexibility index (Phi) is 5.31. The highest BCUT2D eigenvalue weighted by molar-refractivity contribution is 5.37. The highest BCUT2D eigenvalue weighted by Crippen LogP contribution is 2.25. The quantitative estimate of drug-likeness (QED) is 0.886. The molecule has 1 heterocycles. The first-order chi connectivity index (χ1) is 10.2. The van der Waals surface area contributed by atoms with E-state index in [2.05, 4.69) is 42.1 Å². The molecule has 0 spiro atoms. The maximum Gasteiger partial charge on any atom is 0.121 e. The van der Waals surface area contributed by atoms with E-state index in [0.717, 1.165) is 17.9 Å². The van der Waals surface area contributed by atoms with E-state index in [9.17, 15) is 0 Å². The van der Waals surface area contributed by atoms with E-state index in [0.29, 0.717) is 6.54 Å². The zero-order chi connectivity index (χ0) is 15.2. The van der Waals surface area contributed by atoms with Crippen molar-refractivity contribution in [3.05, 3.63) is 59.4 Å². The van der Waals surface area contributed by atoms with E-state index in [1.165, 1.54) is 11.1 Å². The van der Waals surface area contributed by atoms with Crippen molar-refractivity contribution in [1.82, 2.24) is 9.88 Å². The fourth-order valence-electron chi connectivity index (χ4n) is 2.57. The number of pyridine rings is 1. The third-order valence-electron chi connectivity index (χ3n) is 3.71. The van der Waals surface area contributed by atoms with Crippen LogP contribution in [-0.4, -0.2) is 30.6 Å². The Hall–Kier alpha value is -1.91. The van der Waals surface area contributed by atoms with E-state index in [4.69, 9.17) is 10.5 Å². The van der Waals surface area contributed by atoms with Crippen LogP contribution in [0.25, 0.3) is 0 Å². The van der Waals surface area contributed by atoms with Crippen LogP contribution < -0.4 is 10.5 Å². The smallest absolute Gasteiger partial charge is 0.121 e. The number of ether oxygens (including phenoxy) is 1. The zero-order valence-corrected chi connectivity index (χ0v) is 12.9. The van der Waals surface area contributed by atoms with Gasteiger partial charge in [-0.1, -0.05) is 18.2 Å². The number of nitrogens with zero attached hydrogens (tertiary/aromatic N) is 2. The van der Waals surface area contributed by atoms with Crippen LogP contribution in [0.5, 0.6) is 5.75 Å². The minimum absolute atomic E-state index is 0.176. The van der Waals surface area contributed by atoms with Crippen molar-refractivity contribution in [2.45, 2.75) is 19.5 Å². The molecule has 1 unspecified atom stereocenters. The van der Waals surface area contributed by atoms with Gasteiger partial charge in [0.2, 0.25) is 0 Å². The van der Waals surface area contributed by atoms with Gasteiger partial charge in [-0.15, -0.1) is 0 Å². The molecular weight excluding hydrogens is 262 g/mol. The fourth-order valence-corrected chi connectivity index (χ4v) is 2.57. The summed E-state index contributed by atoms with van der Waals surface area (Å²) in [5.74, 6) is 0.907. The number of aromatic nitrogens is 1. The summed E-state index contributed by atoms with van der Waals surface area (Å²) in [6, 6.07) is 10.5. The summed E-state index contributed by atoms with van der Waals surface area (Å²) in [7, 11) is 3.78. The summed E-state index contributed by atoms with van der Waals surface area (Å²) < 4.78 is 5.32. The number of nitrogens with two attached hydrogens (primary N) is 1. The summed E-state index contributed by atoms with van der Waals surface area (Å²) in [5, 5.41) is 0. The summed E-state index contributed by atoms with van der Waals surface area (Å²) in [4.78, 5) is 6.41. The van der Waals surface area contributed by atoms with Crippen molar-refractivity contribution < 1.29 is 4.74 Å². The van der Waals surface area contributed by atoms with Gasteiger partial charge < -0.3 is 10.5 Å². The van der Waals surface area contributed by atoms with Crippen molar-refractivity contribution in [2.24, 2.45) is 5.73 Å². The van der Waals surface area contributed by atoms with Crippen LogP contribution in [0.1, 0.15) is 22.7 Å². The van der Waals surface area contributed by atoms with Gasteiger partial charge in [-0.3, -0.25) is 9.88 Å². The van der Waals surface area contributed by atoms with Gasteiger partial charge in [0, 0.05) is 31.5 Å². The lowest BCUT2D eigenvalue weighted by molar-refractivity contribution is 0.241. The van der Waals surface area contributed by atoms with Gasteiger partial charge in [-0.25, -0.2) is 0 Å². The minimum Gasteiger partial charge on any atom is -0.496 e. The zero-order valence-electron chi connectivity index (χ0n) is 12.9. The van der Waals surface area contributed by atoms with Gasteiger partial charge >= 0.3 is 0 Å². The van der Waals surface area contributed by atoms with E-state index in [-0.39, 0.29) is 6.04 Å². The van der Waals surface area contributed by atoms with Crippen LogP contribution in [0.15, 0.2) is 42.7 Å². The van der Waals surface area contributed by atoms with E-state index in [1.54, 1.807) is 13.3 Å². The Morgan fingerprint density at radius 1 is 1.33 bits per heavy atom. The maximum atomic E-state index is 5.99. The maximum absolute atomic E-state index is 5.99. The summed E-state index contributed by atoms with van der Waals surface area (Å²) >= 11 is 0. The molecule has 0 amide bonds. The average Bonchev–Trinajstić information content (AvgIpc) is 2.49. The van der Waals surface area contributed by atoms with Gasteiger partial charge in [0.15, 0.2) is 0 Å². The molecule has 0 aliphatic rings. The molecule has 2 rings (SSSR count). The van der Waals surface area contributed by atoms with Crippen LogP contribution in [0, 0.1) is 6.92 Å². The molecule has 1 aromatic heterocycles. The molecule has 1 atom stereocenters. The molecule has 0 aliphatic carbocycles. The predicted octanol–water partition coefficient (Wildman–Crippen LogP) is 2.53. The molecule has 2 N–H and O–H groups in total. The van der Waals surface area contributed by atoms with Gasteiger partial charge in [-0.2, -0.15) is 0 Å². The predicted molar refractivity (Wildman–Crippen MR) is 85.2 cm³/mol. The Morgan fingerprint density at radius 3 is 2.71 bits per heavy atom. The fraction of sp³-hybridized carbons (Fsp3) is 0.353. The van der Waals surface area contributed by atoms with Gasteiger partial charge in [0.25, 0.3) is 0 Å². The van der Waals surface area contributed by atoms with E-state index < -0.39 is 0 Å². The highest BCUT2D eigenvalue weighted by atomic mass is 16.5. The second-order valence-corrected chi connectivity index (χ2v) is 5.26. The Balaban J connectivity index is 2.16. The molecular formula is C17H23N3O. The van der Waals surface area contributed by atoms with Crippen LogP contribution in [0.4, 0.5) is 0 Å². The van der Waals surface area contributed by atoms with Gasteiger partial charge in [-0.05, 0) is 42.8 Å². The third kappa shape index (κ3) is 3.80. The van der Waals surface area contributed by atoms with Crippen LogP contribution >= 0.6 is 0 Å². The molecule has 4 heteroatoms. The van der Waals surface area contributed by atoms with E-state index in [1.807, 2.05) is 18.3 Å². The molecule has 0 bridgehead atoms. The van der Waals surface area contributed by atoms with Crippen LogP contribution in [-0.2, 0) is 6.54 Å². The van der Waals surface area contributed by atoms with Crippen LogP contribution in [0.3, 0.4) is 0 Å². The van der Waals surface area contributed by atoms with Crippen LogP contribution in [0.2, 0.25) is 0 Å². The molecule has 112 valence electrons. The SMILES string of the molecule is COc1ccc(C(CN)N(C)Cc2cccnc2)cc1C. The molecule has 4 nitrogen and oxygen atoms in total. The second-order valence-electron chi connectivity index (χ2n) is 5.26. The molecule has 0 saturated heterocycles. The van der Waals surface area contributed by atoms with Crippen molar-refractivity contribution in [3.63, 3.8) is 0 Å². The topological polar surface area (TPSA) is 51.4 Å². The monoisotopic (exact) mass is 285 g/mol. The highest BCUT2D eigenvalue weighted by Gasteiger charge is 2.16. The lowest BCUT2D eigenvalue weighted by Gasteiger charge is -2.27. The summed E-state index contributed by atoms with van der Waals surface area (Å²) in [6.07, 6.45) is 3.68. The Labute approximate surface area is 126 Å². The van der Waals surface area contributed by atoms with Crippen molar-refractivity contribution in [2.75, 3.05) is 20.7 Å². The largest absolute Gasteiger partial charge is 0.496 e. The standard InChI is InChI=1S/C17H23N3O/c1-13-9-15(6-7-17(13)21-3)16(10-18)20(2)12-14-5-4-8-19-11-14/h4-9,11,16H,10,12,18H2,1-3H3.